The van der Waals surface area contributed by atoms with Crippen LogP contribution in [0.1, 0.15) is 16.7 Å². The highest BCUT2D eigenvalue weighted by molar-refractivity contribution is 5.92. The van der Waals surface area contributed by atoms with Crippen LogP contribution in [0.5, 0.6) is 5.75 Å². The monoisotopic (exact) mass is 327 g/mol. The molecule has 1 amide bonds. The van der Waals surface area contributed by atoms with Gasteiger partial charge in [0.2, 0.25) is 0 Å². The predicted molar refractivity (Wildman–Crippen MR) is 92.2 cm³/mol. The van der Waals surface area contributed by atoms with E-state index >= 15 is 0 Å². The van der Waals surface area contributed by atoms with Gasteiger partial charge < -0.3 is 14.8 Å². The number of esters is 1. The first-order valence-corrected chi connectivity index (χ1v) is 7.63. The Morgan fingerprint density at radius 3 is 2.33 bits per heavy atom. The second-order valence-electron chi connectivity index (χ2n) is 5.57. The van der Waals surface area contributed by atoms with Crippen LogP contribution in [0.15, 0.2) is 42.5 Å². The minimum absolute atomic E-state index is 0.0582. The number of hydrogen-bond acceptors (Lipinski definition) is 4. The molecule has 0 saturated carbocycles. The quantitative estimate of drug-likeness (QED) is 0.828. The molecule has 5 nitrogen and oxygen atoms in total. The Kier molecular flexibility index (Phi) is 5.95. The summed E-state index contributed by atoms with van der Waals surface area (Å²) in [6.07, 6.45) is 0.0582. The fraction of sp³-hybridized carbons (Fsp3) is 0.263. The number of amides is 1. The molecule has 0 heterocycles. The zero-order valence-corrected chi connectivity index (χ0v) is 14.1. The maximum Gasteiger partial charge on any atom is 0.310 e. The van der Waals surface area contributed by atoms with E-state index in [2.05, 4.69) is 5.32 Å². The van der Waals surface area contributed by atoms with Crippen molar-refractivity contribution in [3.8, 4) is 5.75 Å². The summed E-state index contributed by atoms with van der Waals surface area (Å²) in [5.74, 6) is -0.219. The molecule has 0 fully saturated rings. The van der Waals surface area contributed by atoms with Gasteiger partial charge in [-0.25, -0.2) is 0 Å². The third kappa shape index (κ3) is 5.12. The van der Waals surface area contributed by atoms with E-state index in [4.69, 9.17) is 9.47 Å². The second kappa shape index (κ2) is 8.15. The molecular formula is C19H21NO4. The van der Waals surface area contributed by atoms with Crippen LogP contribution >= 0.6 is 0 Å². The van der Waals surface area contributed by atoms with Crippen LogP contribution < -0.4 is 10.1 Å². The Labute approximate surface area is 141 Å². The summed E-state index contributed by atoms with van der Waals surface area (Å²) in [6, 6.07) is 13.0. The number of hydrogen-bond donors (Lipinski definition) is 1. The summed E-state index contributed by atoms with van der Waals surface area (Å²) < 4.78 is 10.3. The van der Waals surface area contributed by atoms with Crippen LogP contribution in [0.4, 0.5) is 5.69 Å². The highest BCUT2D eigenvalue weighted by Crippen LogP contribution is 2.20. The van der Waals surface area contributed by atoms with Gasteiger partial charge in [-0.1, -0.05) is 35.4 Å². The number of ether oxygens (including phenoxy) is 2. The summed E-state index contributed by atoms with van der Waals surface area (Å²) in [4.78, 5) is 23.8. The van der Waals surface area contributed by atoms with Crippen molar-refractivity contribution in [2.45, 2.75) is 20.3 Å². The van der Waals surface area contributed by atoms with Crippen molar-refractivity contribution >= 4 is 17.6 Å². The molecule has 2 aromatic rings. The maximum atomic E-state index is 11.9. The average molecular weight is 327 g/mol. The van der Waals surface area contributed by atoms with Crippen molar-refractivity contribution in [1.29, 1.82) is 0 Å². The van der Waals surface area contributed by atoms with Gasteiger partial charge in [-0.2, -0.15) is 0 Å². The average Bonchev–Trinajstić information content (AvgIpc) is 2.55. The molecule has 0 spiro atoms. The molecule has 0 aliphatic heterocycles. The molecule has 24 heavy (non-hydrogen) atoms. The number of carbonyl (C=O) groups is 2. The Morgan fingerprint density at radius 2 is 1.67 bits per heavy atom. The highest BCUT2D eigenvalue weighted by Gasteiger charge is 2.12. The van der Waals surface area contributed by atoms with Crippen LogP contribution in [0.2, 0.25) is 0 Å². The van der Waals surface area contributed by atoms with Crippen LogP contribution in [0, 0.1) is 13.8 Å². The molecule has 0 aliphatic carbocycles. The lowest BCUT2D eigenvalue weighted by Gasteiger charge is -2.10. The molecule has 0 radical (unpaired) electrons. The summed E-state index contributed by atoms with van der Waals surface area (Å²) in [5.41, 5.74) is 3.53. The second-order valence-corrected chi connectivity index (χ2v) is 5.57. The van der Waals surface area contributed by atoms with Gasteiger partial charge in [0.25, 0.3) is 5.91 Å². The Hall–Kier alpha value is -2.82. The molecule has 0 aliphatic rings. The lowest BCUT2D eigenvalue weighted by Crippen LogP contribution is -2.21. The molecule has 0 bridgehead atoms. The number of anilines is 1. The van der Waals surface area contributed by atoms with Crippen LogP contribution in [0.3, 0.4) is 0 Å². The molecule has 5 heteroatoms. The van der Waals surface area contributed by atoms with Crippen LogP contribution in [-0.4, -0.2) is 25.6 Å². The van der Waals surface area contributed by atoms with Crippen molar-refractivity contribution in [3.63, 3.8) is 0 Å². The van der Waals surface area contributed by atoms with Gasteiger partial charge in [-0.3, -0.25) is 9.59 Å². The molecule has 0 saturated heterocycles. The number of aryl methyl sites for hydroxylation is 2. The molecule has 1 N–H and O–H groups in total. The SMILES string of the molecule is COc1ccc(C)cc1CC(=O)OCC(=O)Nc1ccc(C)cc1. The van der Waals surface area contributed by atoms with Gasteiger partial charge in [0.15, 0.2) is 6.61 Å². The lowest BCUT2D eigenvalue weighted by atomic mass is 10.1. The summed E-state index contributed by atoms with van der Waals surface area (Å²) in [5, 5.41) is 2.68. The third-order valence-electron chi connectivity index (χ3n) is 3.47. The van der Waals surface area contributed by atoms with Gasteiger partial charge in [0, 0.05) is 11.3 Å². The molecular weight excluding hydrogens is 306 g/mol. The van der Waals surface area contributed by atoms with Gasteiger partial charge in [-0.15, -0.1) is 0 Å². The fourth-order valence-electron chi connectivity index (χ4n) is 2.23. The van der Waals surface area contributed by atoms with Gasteiger partial charge in [0.1, 0.15) is 5.75 Å². The third-order valence-corrected chi connectivity index (χ3v) is 3.47. The van der Waals surface area contributed by atoms with Gasteiger partial charge in [-0.05, 0) is 32.0 Å². The topological polar surface area (TPSA) is 64.6 Å². The summed E-state index contributed by atoms with van der Waals surface area (Å²) in [7, 11) is 1.55. The Balaban J connectivity index is 1.85. The molecule has 2 aromatic carbocycles. The minimum atomic E-state index is -0.474. The summed E-state index contributed by atoms with van der Waals surface area (Å²) >= 11 is 0. The standard InChI is InChI=1S/C19H21NO4/c1-13-4-7-16(8-5-13)20-18(21)12-24-19(22)11-15-10-14(2)6-9-17(15)23-3/h4-10H,11-12H2,1-3H3,(H,20,21). The lowest BCUT2D eigenvalue weighted by molar-refractivity contribution is -0.146. The van der Waals surface area contributed by atoms with E-state index in [9.17, 15) is 9.59 Å². The van der Waals surface area contributed by atoms with E-state index in [1.807, 2.05) is 44.2 Å². The smallest absolute Gasteiger partial charge is 0.310 e. The van der Waals surface area contributed by atoms with Crippen molar-refractivity contribution in [2.24, 2.45) is 0 Å². The number of rotatable bonds is 6. The first-order chi connectivity index (χ1) is 11.5. The van der Waals surface area contributed by atoms with Crippen molar-refractivity contribution in [1.82, 2.24) is 0 Å². The number of benzene rings is 2. The van der Waals surface area contributed by atoms with E-state index in [1.54, 1.807) is 19.2 Å². The van der Waals surface area contributed by atoms with E-state index in [1.165, 1.54) is 0 Å². The van der Waals surface area contributed by atoms with E-state index in [-0.39, 0.29) is 18.9 Å². The van der Waals surface area contributed by atoms with Crippen molar-refractivity contribution in [3.05, 3.63) is 59.2 Å². The van der Waals surface area contributed by atoms with Gasteiger partial charge in [0.05, 0.1) is 13.5 Å². The number of nitrogens with one attached hydrogen (secondary N) is 1. The normalized spacial score (nSPS) is 10.1. The molecule has 0 aromatic heterocycles. The predicted octanol–water partition coefficient (Wildman–Crippen LogP) is 3.04. The minimum Gasteiger partial charge on any atom is -0.496 e. The van der Waals surface area contributed by atoms with Crippen molar-refractivity contribution in [2.75, 3.05) is 19.0 Å². The highest BCUT2D eigenvalue weighted by atomic mass is 16.5. The first kappa shape index (κ1) is 17.5. The maximum absolute atomic E-state index is 11.9. The number of carbonyl (C=O) groups excluding carboxylic acids is 2. The van der Waals surface area contributed by atoms with E-state index in [0.717, 1.165) is 16.7 Å². The largest absolute Gasteiger partial charge is 0.496 e. The van der Waals surface area contributed by atoms with Crippen LogP contribution in [-0.2, 0) is 20.7 Å². The summed E-state index contributed by atoms with van der Waals surface area (Å²) in [6.45, 7) is 3.58. The van der Waals surface area contributed by atoms with Gasteiger partial charge >= 0.3 is 5.97 Å². The number of methoxy groups -OCH3 is 1. The zero-order valence-electron chi connectivity index (χ0n) is 14.1. The fourth-order valence-corrected chi connectivity index (χ4v) is 2.23. The van der Waals surface area contributed by atoms with E-state index in [0.29, 0.717) is 11.4 Å². The van der Waals surface area contributed by atoms with E-state index < -0.39 is 5.97 Å². The van der Waals surface area contributed by atoms with Crippen LogP contribution in [0.25, 0.3) is 0 Å². The zero-order chi connectivity index (χ0) is 17.5. The van der Waals surface area contributed by atoms with Crippen molar-refractivity contribution < 1.29 is 19.1 Å². The Morgan fingerprint density at radius 1 is 1.00 bits per heavy atom. The molecule has 0 unspecified atom stereocenters. The molecule has 2 rings (SSSR count). The first-order valence-electron chi connectivity index (χ1n) is 7.63. The molecule has 126 valence electrons. The Bertz CT molecular complexity index is 723. The molecule has 0 atom stereocenters.